The van der Waals surface area contributed by atoms with Crippen molar-refractivity contribution in [3.63, 3.8) is 0 Å². The van der Waals surface area contributed by atoms with Crippen molar-refractivity contribution in [2.45, 2.75) is 44.1 Å². The first-order chi connectivity index (χ1) is 10.1. The number of ether oxygens (including phenoxy) is 1. The van der Waals surface area contributed by atoms with Crippen LogP contribution < -0.4 is 4.72 Å². The molecule has 1 aromatic rings. The normalized spacial score (nSPS) is 19.5. The van der Waals surface area contributed by atoms with Crippen LogP contribution in [0.2, 0.25) is 0 Å². The summed E-state index contributed by atoms with van der Waals surface area (Å²) in [6, 6.07) is 5.12. The van der Waals surface area contributed by atoms with Crippen LogP contribution >= 0.6 is 0 Å². The lowest BCUT2D eigenvalue weighted by atomic mass is 10.0. The maximum atomic E-state index is 13.6. The van der Waals surface area contributed by atoms with E-state index in [9.17, 15) is 12.8 Å². The molecule has 0 saturated carbocycles. The zero-order chi connectivity index (χ0) is 16.5. The summed E-state index contributed by atoms with van der Waals surface area (Å²) >= 11 is 0. The third-order valence-electron chi connectivity index (χ3n) is 3.46. The van der Waals surface area contributed by atoms with Gasteiger partial charge in [-0.2, -0.15) is 5.26 Å². The van der Waals surface area contributed by atoms with Crippen molar-refractivity contribution in [3.05, 3.63) is 35.1 Å². The van der Waals surface area contributed by atoms with Gasteiger partial charge in [-0.3, -0.25) is 0 Å². The molecule has 1 heterocycles. The molecule has 0 amide bonds. The second kappa shape index (κ2) is 5.95. The van der Waals surface area contributed by atoms with Gasteiger partial charge in [-0.25, -0.2) is 17.5 Å². The molecule has 0 spiro atoms. The van der Waals surface area contributed by atoms with Gasteiger partial charge in [-0.05, 0) is 51.0 Å². The minimum atomic E-state index is -3.61. The van der Waals surface area contributed by atoms with E-state index in [4.69, 9.17) is 10.00 Å². The number of rotatable bonds is 5. The summed E-state index contributed by atoms with van der Waals surface area (Å²) in [7, 11) is -3.61. The number of hydrogen-bond acceptors (Lipinski definition) is 4. The van der Waals surface area contributed by atoms with Gasteiger partial charge >= 0.3 is 0 Å². The Morgan fingerprint density at radius 2 is 2.09 bits per heavy atom. The highest BCUT2D eigenvalue weighted by molar-refractivity contribution is 7.90. The Kier molecular flexibility index (Phi) is 4.57. The molecule has 5 nitrogen and oxygen atoms in total. The molecule has 2 atom stereocenters. The van der Waals surface area contributed by atoms with Crippen LogP contribution in [0.25, 0.3) is 0 Å². The van der Waals surface area contributed by atoms with E-state index in [2.05, 4.69) is 4.72 Å². The fourth-order valence-electron chi connectivity index (χ4n) is 1.96. The fourth-order valence-corrected chi connectivity index (χ4v) is 2.92. The van der Waals surface area contributed by atoms with Gasteiger partial charge in [0.15, 0.2) is 0 Å². The van der Waals surface area contributed by atoms with Gasteiger partial charge in [-0.15, -0.1) is 0 Å². The smallest absolute Gasteiger partial charge is 0.217 e. The Labute approximate surface area is 130 Å². The van der Waals surface area contributed by atoms with Gasteiger partial charge in [0.25, 0.3) is 0 Å². The van der Waals surface area contributed by atoms with Gasteiger partial charge in [0.2, 0.25) is 10.0 Å². The molecule has 22 heavy (non-hydrogen) atoms. The minimum Gasteiger partial charge on any atom is -0.373 e. The lowest BCUT2D eigenvalue weighted by Crippen LogP contribution is -2.41. The Morgan fingerprint density at radius 3 is 2.59 bits per heavy atom. The first kappa shape index (κ1) is 16.9. The van der Waals surface area contributed by atoms with E-state index >= 15 is 0 Å². The maximum absolute atomic E-state index is 13.6. The van der Waals surface area contributed by atoms with Gasteiger partial charge < -0.3 is 4.74 Å². The molecule has 0 radical (unpaired) electrons. The van der Waals surface area contributed by atoms with Crippen molar-refractivity contribution in [2.24, 2.45) is 0 Å². The average Bonchev–Trinajstić information content (AvgIpc) is 3.19. The first-order valence-electron chi connectivity index (χ1n) is 6.96. The molecule has 1 aliphatic heterocycles. The quantitative estimate of drug-likeness (QED) is 0.841. The van der Waals surface area contributed by atoms with Crippen molar-refractivity contribution < 1.29 is 17.5 Å². The summed E-state index contributed by atoms with van der Waals surface area (Å²) in [4.78, 5) is 0. The standard InChI is InChI=1S/C15H19FN2O3S/c1-15(2,3)22(19,20)18-14(7-13-9-21-13)11-4-10(8-17)5-12(16)6-11/h4-6,13-14,18H,7,9H2,1-3H3/t13?,14-/m1/s1. The molecule has 1 saturated heterocycles. The lowest BCUT2D eigenvalue weighted by molar-refractivity contribution is 0.374. The number of sulfonamides is 1. The zero-order valence-electron chi connectivity index (χ0n) is 12.8. The van der Waals surface area contributed by atoms with Crippen molar-refractivity contribution in [3.8, 4) is 6.07 Å². The number of nitriles is 1. The van der Waals surface area contributed by atoms with Gasteiger partial charge in [0.05, 0.1) is 29.1 Å². The van der Waals surface area contributed by atoms with Gasteiger partial charge in [-0.1, -0.05) is 0 Å². The van der Waals surface area contributed by atoms with E-state index in [1.165, 1.54) is 12.1 Å². The number of nitrogens with zero attached hydrogens (tertiary/aromatic N) is 1. The Balaban J connectivity index is 2.34. The summed E-state index contributed by atoms with van der Waals surface area (Å²) in [6.45, 7) is 5.33. The zero-order valence-corrected chi connectivity index (χ0v) is 13.6. The number of halogens is 1. The Hall–Kier alpha value is -1.49. The van der Waals surface area contributed by atoms with Crippen LogP contribution in [0.4, 0.5) is 4.39 Å². The highest BCUT2D eigenvalue weighted by atomic mass is 32.2. The molecule has 1 N–H and O–H groups in total. The average molecular weight is 326 g/mol. The first-order valence-corrected chi connectivity index (χ1v) is 8.45. The summed E-state index contributed by atoms with van der Waals surface area (Å²) in [5, 5.41) is 8.94. The van der Waals surface area contributed by atoms with E-state index in [0.29, 0.717) is 18.6 Å². The molecular formula is C15H19FN2O3S. The van der Waals surface area contributed by atoms with Crippen LogP contribution in [0, 0.1) is 17.1 Å². The number of nitrogens with one attached hydrogen (secondary N) is 1. The monoisotopic (exact) mass is 326 g/mol. The second-order valence-corrected chi connectivity index (χ2v) is 8.83. The topological polar surface area (TPSA) is 82.5 Å². The second-order valence-electron chi connectivity index (χ2n) is 6.36. The molecule has 2 rings (SSSR count). The van der Waals surface area contributed by atoms with E-state index in [1.807, 2.05) is 6.07 Å². The number of hydrogen-bond donors (Lipinski definition) is 1. The van der Waals surface area contributed by atoms with E-state index in [-0.39, 0.29) is 11.7 Å². The van der Waals surface area contributed by atoms with E-state index in [0.717, 1.165) is 6.07 Å². The fraction of sp³-hybridized carbons (Fsp3) is 0.533. The molecule has 1 unspecified atom stereocenters. The third kappa shape index (κ3) is 4.03. The maximum Gasteiger partial charge on any atom is 0.217 e. The molecule has 0 aromatic heterocycles. The van der Waals surface area contributed by atoms with E-state index < -0.39 is 26.6 Å². The SMILES string of the molecule is CC(C)(C)S(=O)(=O)N[C@H](CC1CO1)c1cc(F)cc(C#N)c1. The van der Waals surface area contributed by atoms with Crippen LogP contribution in [-0.4, -0.2) is 25.9 Å². The predicted octanol–water partition coefficient (Wildman–Crippen LogP) is 2.25. The van der Waals surface area contributed by atoms with Crippen LogP contribution in [0.3, 0.4) is 0 Å². The van der Waals surface area contributed by atoms with Crippen molar-refractivity contribution in [1.29, 1.82) is 5.26 Å². The van der Waals surface area contributed by atoms with Crippen LogP contribution in [0.15, 0.2) is 18.2 Å². The summed E-state index contributed by atoms with van der Waals surface area (Å²) in [5.74, 6) is -0.564. The predicted molar refractivity (Wildman–Crippen MR) is 80.0 cm³/mol. The highest BCUT2D eigenvalue weighted by Crippen LogP contribution is 2.29. The summed E-state index contributed by atoms with van der Waals surface area (Å²) in [6.07, 6.45) is 0.366. The molecule has 0 bridgehead atoms. The van der Waals surface area contributed by atoms with Gasteiger partial charge in [0, 0.05) is 6.04 Å². The third-order valence-corrected chi connectivity index (χ3v) is 5.66. The number of epoxide rings is 1. The minimum absolute atomic E-state index is 0.0403. The molecule has 120 valence electrons. The molecule has 1 aromatic carbocycles. The molecule has 1 fully saturated rings. The van der Waals surface area contributed by atoms with Gasteiger partial charge in [0.1, 0.15) is 5.82 Å². The van der Waals surface area contributed by atoms with Crippen LogP contribution in [0.5, 0.6) is 0 Å². The molecule has 0 aliphatic carbocycles. The summed E-state index contributed by atoms with van der Waals surface area (Å²) < 4.78 is 45.2. The Bertz CT molecular complexity index is 700. The van der Waals surface area contributed by atoms with Crippen molar-refractivity contribution in [1.82, 2.24) is 4.72 Å². The van der Waals surface area contributed by atoms with Crippen LogP contribution in [-0.2, 0) is 14.8 Å². The van der Waals surface area contributed by atoms with Crippen molar-refractivity contribution >= 4 is 10.0 Å². The lowest BCUT2D eigenvalue weighted by Gasteiger charge is -2.25. The molecule has 1 aliphatic rings. The van der Waals surface area contributed by atoms with E-state index in [1.54, 1.807) is 20.8 Å². The summed E-state index contributed by atoms with van der Waals surface area (Å²) in [5.41, 5.74) is 0.589. The largest absolute Gasteiger partial charge is 0.373 e. The highest BCUT2D eigenvalue weighted by Gasteiger charge is 2.35. The molecular weight excluding hydrogens is 307 g/mol. The van der Waals surface area contributed by atoms with Crippen molar-refractivity contribution in [2.75, 3.05) is 6.61 Å². The number of benzene rings is 1. The Morgan fingerprint density at radius 1 is 1.45 bits per heavy atom. The van der Waals surface area contributed by atoms with Crippen LogP contribution in [0.1, 0.15) is 44.4 Å². The molecule has 7 heteroatoms.